The Labute approximate surface area is 176 Å². The van der Waals surface area contributed by atoms with Gasteiger partial charge in [0.1, 0.15) is 5.60 Å². The summed E-state index contributed by atoms with van der Waals surface area (Å²) in [7, 11) is 0. The lowest BCUT2D eigenvalue weighted by Gasteiger charge is -2.54. The van der Waals surface area contributed by atoms with Gasteiger partial charge in [-0.25, -0.2) is 4.79 Å². The van der Waals surface area contributed by atoms with Crippen molar-refractivity contribution in [3.63, 3.8) is 0 Å². The lowest BCUT2D eigenvalue weighted by Crippen LogP contribution is -2.50. The molecule has 7 heteroatoms. The second kappa shape index (κ2) is 8.06. The van der Waals surface area contributed by atoms with Crippen LogP contribution in [0.3, 0.4) is 0 Å². The first-order chi connectivity index (χ1) is 13.9. The molecule has 168 valence electrons. The molecule has 3 fully saturated rings. The molecule has 4 rings (SSSR count). The second-order valence-corrected chi connectivity index (χ2v) is 10.2. The second-order valence-electron chi connectivity index (χ2n) is 10.2. The van der Waals surface area contributed by atoms with E-state index in [0.29, 0.717) is 12.1 Å². The highest BCUT2D eigenvalue weighted by molar-refractivity contribution is 5.68. The van der Waals surface area contributed by atoms with Crippen molar-refractivity contribution in [3.05, 3.63) is 35.4 Å². The first-order valence-electron chi connectivity index (χ1n) is 10.6. The monoisotopic (exact) mass is 427 g/mol. The topological polar surface area (TPSA) is 49.8 Å². The highest BCUT2D eigenvalue weighted by atomic mass is 19.4. The molecule has 1 amide bonds. The minimum absolute atomic E-state index is 0.0142. The zero-order valence-electron chi connectivity index (χ0n) is 18.0. The first-order valence-corrected chi connectivity index (χ1v) is 10.6. The van der Waals surface area contributed by atoms with Crippen molar-refractivity contribution in [2.45, 2.75) is 77.6 Å². The Morgan fingerprint density at radius 1 is 1.00 bits per heavy atom. The number of aliphatic hydroxyl groups excluding tert-OH is 1. The number of nitrogens with zero attached hydrogens (tertiary/aromatic N) is 1. The third-order valence-electron chi connectivity index (χ3n) is 6.73. The number of carbonyl (C=O) groups excluding carboxylic acids is 1. The summed E-state index contributed by atoms with van der Waals surface area (Å²) >= 11 is 0. The van der Waals surface area contributed by atoms with Gasteiger partial charge in [0.05, 0.1) is 5.56 Å². The third-order valence-corrected chi connectivity index (χ3v) is 6.73. The molecule has 0 aromatic heterocycles. The summed E-state index contributed by atoms with van der Waals surface area (Å²) in [5.41, 5.74) is -0.695. The van der Waals surface area contributed by atoms with E-state index in [1.54, 1.807) is 25.7 Å². The average Bonchev–Trinajstić information content (AvgIpc) is 2.67. The van der Waals surface area contributed by atoms with Crippen LogP contribution < -0.4 is 0 Å². The molecule has 3 saturated carbocycles. The van der Waals surface area contributed by atoms with Crippen LogP contribution in [0.4, 0.5) is 18.0 Å². The van der Waals surface area contributed by atoms with Crippen LogP contribution in [0, 0.1) is 10.8 Å². The fourth-order valence-corrected chi connectivity index (χ4v) is 4.75. The summed E-state index contributed by atoms with van der Waals surface area (Å²) in [6.45, 7) is 6.34. The number of carbonyl (C=O) groups is 1. The summed E-state index contributed by atoms with van der Waals surface area (Å²) in [4.78, 5) is 14.6. The van der Waals surface area contributed by atoms with E-state index in [4.69, 9.17) is 4.74 Å². The van der Waals surface area contributed by atoms with Crippen LogP contribution in [0.5, 0.6) is 0 Å². The Morgan fingerprint density at radius 2 is 1.50 bits per heavy atom. The maximum Gasteiger partial charge on any atom is 0.416 e. The third kappa shape index (κ3) is 5.29. The van der Waals surface area contributed by atoms with Crippen LogP contribution in [-0.2, 0) is 17.5 Å². The number of rotatable bonds is 5. The normalized spacial score (nSPS) is 26.5. The SMILES string of the molecule is CC(C)(C)OC(=O)N(Cc1ccc(C(F)(F)F)cc1)CC12CCC(CO)(CC1)CC2. The Kier molecular flexibility index (Phi) is 6.16. The maximum absolute atomic E-state index is 12.9. The van der Waals surface area contributed by atoms with Gasteiger partial charge in [-0.1, -0.05) is 12.1 Å². The van der Waals surface area contributed by atoms with Crippen molar-refractivity contribution in [1.82, 2.24) is 4.90 Å². The van der Waals surface area contributed by atoms with E-state index < -0.39 is 23.4 Å². The predicted octanol–water partition coefficient (Wildman–Crippen LogP) is 5.78. The molecule has 0 radical (unpaired) electrons. The van der Waals surface area contributed by atoms with Gasteiger partial charge in [0, 0.05) is 19.7 Å². The molecule has 1 aromatic rings. The summed E-state index contributed by atoms with van der Waals surface area (Å²) in [5, 5.41) is 9.76. The summed E-state index contributed by atoms with van der Waals surface area (Å²) < 4.78 is 44.2. The molecule has 0 heterocycles. The van der Waals surface area contributed by atoms with E-state index in [1.165, 1.54) is 12.1 Å². The van der Waals surface area contributed by atoms with Crippen LogP contribution in [0.25, 0.3) is 0 Å². The van der Waals surface area contributed by atoms with Crippen LogP contribution in [0.2, 0.25) is 0 Å². The van der Waals surface area contributed by atoms with E-state index in [0.717, 1.165) is 50.7 Å². The van der Waals surface area contributed by atoms with Gasteiger partial charge in [0.15, 0.2) is 0 Å². The standard InChI is InChI=1S/C23H32F3NO3/c1-20(2,3)30-19(29)27(14-17-4-6-18(7-5-17)23(24,25)26)15-21-8-11-22(16-28,12-9-21)13-10-21/h4-7,28H,8-16H2,1-3H3. The Morgan fingerprint density at radius 3 is 1.93 bits per heavy atom. The molecule has 1 N–H and O–H groups in total. The zero-order chi connectivity index (χ0) is 22.2. The molecular weight excluding hydrogens is 395 g/mol. The molecular formula is C23H32F3NO3. The Hall–Kier alpha value is -1.76. The fraction of sp³-hybridized carbons (Fsp3) is 0.696. The van der Waals surface area contributed by atoms with Gasteiger partial charge in [-0.2, -0.15) is 13.2 Å². The average molecular weight is 428 g/mol. The highest BCUT2D eigenvalue weighted by Gasteiger charge is 2.49. The van der Waals surface area contributed by atoms with Crippen molar-refractivity contribution in [2.24, 2.45) is 10.8 Å². The molecule has 30 heavy (non-hydrogen) atoms. The number of halogens is 3. The van der Waals surface area contributed by atoms with E-state index in [-0.39, 0.29) is 24.0 Å². The number of benzene rings is 1. The van der Waals surface area contributed by atoms with Crippen LogP contribution >= 0.6 is 0 Å². The Bertz CT molecular complexity index is 728. The van der Waals surface area contributed by atoms with E-state index in [2.05, 4.69) is 0 Å². The quantitative estimate of drug-likeness (QED) is 0.648. The first kappa shape index (κ1) is 22.9. The Balaban J connectivity index is 1.77. The molecule has 0 unspecified atom stereocenters. The van der Waals surface area contributed by atoms with Gasteiger partial charge in [0.2, 0.25) is 0 Å². The van der Waals surface area contributed by atoms with E-state index in [1.807, 2.05) is 0 Å². The molecule has 1 aromatic carbocycles. The van der Waals surface area contributed by atoms with Gasteiger partial charge >= 0.3 is 12.3 Å². The smallest absolute Gasteiger partial charge is 0.416 e. The number of hydrogen-bond donors (Lipinski definition) is 1. The van der Waals surface area contributed by atoms with Gasteiger partial charge < -0.3 is 14.7 Å². The maximum atomic E-state index is 12.9. The number of fused-ring (bicyclic) bond motifs is 3. The predicted molar refractivity (Wildman–Crippen MR) is 108 cm³/mol. The van der Waals surface area contributed by atoms with Crippen LogP contribution in [0.1, 0.15) is 70.4 Å². The highest BCUT2D eigenvalue weighted by Crippen LogP contribution is 2.57. The van der Waals surface area contributed by atoms with Crippen molar-refractivity contribution in [1.29, 1.82) is 0 Å². The number of aliphatic hydroxyl groups is 1. The largest absolute Gasteiger partial charge is 0.444 e. The van der Waals surface area contributed by atoms with E-state index in [9.17, 15) is 23.1 Å². The molecule has 0 spiro atoms. The number of hydrogen-bond acceptors (Lipinski definition) is 3. The van der Waals surface area contributed by atoms with Crippen molar-refractivity contribution in [2.75, 3.05) is 13.2 Å². The molecule has 2 bridgehead atoms. The molecule has 0 atom stereocenters. The van der Waals surface area contributed by atoms with E-state index >= 15 is 0 Å². The number of alkyl halides is 3. The minimum Gasteiger partial charge on any atom is -0.444 e. The van der Waals surface area contributed by atoms with Crippen LogP contribution in [-0.4, -0.2) is 34.9 Å². The molecule has 0 saturated heterocycles. The van der Waals surface area contributed by atoms with Crippen LogP contribution in [0.15, 0.2) is 24.3 Å². The van der Waals surface area contributed by atoms with Crippen molar-refractivity contribution < 1.29 is 27.8 Å². The number of ether oxygens (including phenoxy) is 1. The molecule has 3 aliphatic carbocycles. The lowest BCUT2D eigenvalue weighted by molar-refractivity contribution is -0.137. The van der Waals surface area contributed by atoms with Gasteiger partial charge in [-0.15, -0.1) is 0 Å². The van der Waals surface area contributed by atoms with Gasteiger partial charge in [-0.05, 0) is 87.8 Å². The summed E-state index contributed by atoms with van der Waals surface area (Å²) in [6, 6.07) is 4.96. The summed E-state index contributed by atoms with van der Waals surface area (Å²) in [5.74, 6) is 0. The minimum atomic E-state index is -4.38. The van der Waals surface area contributed by atoms with Crippen molar-refractivity contribution in [3.8, 4) is 0 Å². The molecule has 4 nitrogen and oxygen atoms in total. The zero-order valence-corrected chi connectivity index (χ0v) is 18.0. The molecule has 3 aliphatic rings. The molecule has 0 aliphatic heterocycles. The van der Waals surface area contributed by atoms with Crippen molar-refractivity contribution >= 4 is 6.09 Å². The van der Waals surface area contributed by atoms with Gasteiger partial charge in [0.25, 0.3) is 0 Å². The lowest BCUT2D eigenvalue weighted by atomic mass is 9.54. The van der Waals surface area contributed by atoms with Gasteiger partial charge in [-0.3, -0.25) is 0 Å². The summed E-state index contributed by atoms with van der Waals surface area (Å²) in [6.07, 6.45) is 0.858. The number of amides is 1. The fourth-order valence-electron chi connectivity index (χ4n) is 4.75.